The third-order valence-electron chi connectivity index (χ3n) is 6.60. The van der Waals surface area contributed by atoms with Crippen LogP contribution in [0.1, 0.15) is 34.6 Å². The summed E-state index contributed by atoms with van der Waals surface area (Å²) in [4.78, 5) is 6.79. The largest absolute Gasteiger partial charge is 0.497 e. The topological polar surface area (TPSA) is 51.6 Å². The minimum atomic E-state index is -0.185. The van der Waals surface area contributed by atoms with Gasteiger partial charge in [-0.05, 0) is 85.7 Å². The molecule has 1 aliphatic rings. The maximum atomic E-state index is 5.92. The predicted molar refractivity (Wildman–Crippen MR) is 143 cm³/mol. The van der Waals surface area contributed by atoms with E-state index in [1.165, 1.54) is 11.1 Å². The molecule has 0 aliphatic carbocycles. The van der Waals surface area contributed by atoms with Crippen LogP contribution in [-0.2, 0) is 0 Å². The van der Waals surface area contributed by atoms with Gasteiger partial charge in [0.1, 0.15) is 17.5 Å². The van der Waals surface area contributed by atoms with Crippen molar-refractivity contribution in [3.8, 4) is 17.2 Å². The van der Waals surface area contributed by atoms with Crippen LogP contribution < -0.4 is 19.7 Å². The van der Waals surface area contributed by atoms with Crippen molar-refractivity contribution in [1.82, 2.24) is 14.9 Å². The summed E-state index contributed by atoms with van der Waals surface area (Å²) in [7, 11) is 3.33. The maximum absolute atomic E-state index is 5.92. The smallest absolute Gasteiger partial charge is 0.174 e. The fraction of sp³-hybridized carbons (Fsp3) is 0.214. The Morgan fingerprint density at radius 1 is 0.914 bits per heavy atom. The highest BCUT2D eigenvalue weighted by Gasteiger charge is 2.43. The number of benzene rings is 2. The Morgan fingerprint density at radius 2 is 1.77 bits per heavy atom. The van der Waals surface area contributed by atoms with Crippen LogP contribution in [0.4, 0.5) is 5.69 Å². The third kappa shape index (κ3) is 4.12. The summed E-state index contributed by atoms with van der Waals surface area (Å²) in [6.45, 7) is 4.27. The molecule has 2 atom stereocenters. The molecule has 6 nitrogen and oxygen atoms in total. The fourth-order valence-electron chi connectivity index (χ4n) is 4.65. The Bertz CT molecular complexity index is 1370. The first-order valence-electron chi connectivity index (χ1n) is 11.5. The van der Waals surface area contributed by atoms with E-state index < -0.39 is 0 Å². The second-order valence-corrected chi connectivity index (χ2v) is 8.99. The second-order valence-electron chi connectivity index (χ2n) is 8.61. The van der Waals surface area contributed by atoms with Crippen molar-refractivity contribution in [2.75, 3.05) is 19.1 Å². The number of anilines is 1. The van der Waals surface area contributed by atoms with Crippen molar-refractivity contribution in [2.45, 2.75) is 25.9 Å². The summed E-state index contributed by atoms with van der Waals surface area (Å²) < 4.78 is 13.5. The molecule has 7 heteroatoms. The van der Waals surface area contributed by atoms with E-state index in [4.69, 9.17) is 21.7 Å². The summed E-state index contributed by atoms with van der Waals surface area (Å²) >= 11 is 5.92. The lowest BCUT2D eigenvalue weighted by molar-refractivity contribution is 0.402. The Kier molecular flexibility index (Phi) is 6.17. The lowest BCUT2D eigenvalue weighted by Gasteiger charge is -2.30. The Balaban J connectivity index is 1.71. The molecule has 4 aromatic rings. The maximum Gasteiger partial charge on any atom is 0.174 e. The highest BCUT2D eigenvalue weighted by atomic mass is 32.1. The lowest BCUT2D eigenvalue weighted by Crippen LogP contribution is -2.30. The van der Waals surface area contributed by atoms with Gasteiger partial charge in [-0.3, -0.25) is 4.98 Å². The molecule has 0 saturated carbocycles. The highest BCUT2D eigenvalue weighted by Crippen LogP contribution is 2.46. The molecule has 5 rings (SSSR count). The summed E-state index contributed by atoms with van der Waals surface area (Å²) in [6.07, 6.45) is 3.91. The van der Waals surface area contributed by atoms with Crippen LogP contribution in [0.25, 0.3) is 5.69 Å². The zero-order valence-electron chi connectivity index (χ0n) is 20.2. The van der Waals surface area contributed by atoms with Crippen LogP contribution in [0.5, 0.6) is 11.5 Å². The lowest BCUT2D eigenvalue weighted by atomic mass is 10.00. The van der Waals surface area contributed by atoms with E-state index in [1.54, 1.807) is 14.2 Å². The van der Waals surface area contributed by atoms with Crippen molar-refractivity contribution in [3.05, 3.63) is 102 Å². The summed E-state index contributed by atoms with van der Waals surface area (Å²) in [6, 6.07) is 22.1. The molecular formula is C28H28N4O2S. The number of methoxy groups -OCH3 is 2. The Morgan fingerprint density at radius 3 is 2.49 bits per heavy atom. The summed E-state index contributed by atoms with van der Waals surface area (Å²) in [5, 5.41) is 4.13. The summed E-state index contributed by atoms with van der Waals surface area (Å²) in [5.41, 5.74) is 6.44. The quantitative estimate of drug-likeness (QED) is 0.355. The van der Waals surface area contributed by atoms with Crippen LogP contribution in [-0.4, -0.2) is 28.9 Å². The van der Waals surface area contributed by atoms with E-state index in [0.29, 0.717) is 10.9 Å². The van der Waals surface area contributed by atoms with Gasteiger partial charge in [0.25, 0.3) is 0 Å². The molecule has 0 bridgehead atoms. The molecule has 1 fully saturated rings. The van der Waals surface area contributed by atoms with Gasteiger partial charge in [-0.2, -0.15) is 0 Å². The number of aromatic nitrogens is 2. The monoisotopic (exact) mass is 484 g/mol. The molecule has 178 valence electrons. The van der Waals surface area contributed by atoms with Crippen molar-refractivity contribution < 1.29 is 9.47 Å². The average molecular weight is 485 g/mol. The number of pyridine rings is 1. The van der Waals surface area contributed by atoms with E-state index in [0.717, 1.165) is 28.5 Å². The zero-order valence-corrected chi connectivity index (χ0v) is 21.0. The van der Waals surface area contributed by atoms with Gasteiger partial charge in [0, 0.05) is 29.8 Å². The van der Waals surface area contributed by atoms with Gasteiger partial charge in [-0.25, -0.2) is 0 Å². The third-order valence-corrected chi connectivity index (χ3v) is 6.91. The van der Waals surface area contributed by atoms with Crippen molar-refractivity contribution in [1.29, 1.82) is 0 Å². The normalized spacial score (nSPS) is 17.4. The number of nitrogens with one attached hydrogen (secondary N) is 1. The van der Waals surface area contributed by atoms with Crippen molar-refractivity contribution in [3.63, 3.8) is 0 Å². The molecule has 1 aliphatic heterocycles. The minimum absolute atomic E-state index is 0.167. The van der Waals surface area contributed by atoms with Gasteiger partial charge in [-0.15, -0.1) is 0 Å². The standard InChI is InChI=1S/C28H28N4O2S/c1-18-10-11-20(16-19(18)2)31-15-7-9-23(31)27-26(22-8-5-6-14-29-22)30-28(35)32(27)24-17-21(33-3)12-13-25(24)34-4/h5-17,26-27H,1-4H3,(H,30,35). The SMILES string of the molecule is COc1ccc(OC)c(N2C(=S)NC(c3ccccn3)C2c2cccn2-c2ccc(C)c(C)c2)c1. The van der Waals surface area contributed by atoms with Gasteiger partial charge < -0.3 is 24.3 Å². The molecular weight excluding hydrogens is 456 g/mol. The van der Waals surface area contributed by atoms with Gasteiger partial charge >= 0.3 is 0 Å². The van der Waals surface area contributed by atoms with Gasteiger partial charge in [-0.1, -0.05) is 12.1 Å². The molecule has 1 saturated heterocycles. The Hall–Kier alpha value is -3.84. The molecule has 0 spiro atoms. The molecule has 2 aromatic carbocycles. The van der Waals surface area contributed by atoms with Crippen molar-refractivity contribution in [2.24, 2.45) is 0 Å². The number of aryl methyl sites for hydroxylation is 2. The summed E-state index contributed by atoms with van der Waals surface area (Å²) in [5.74, 6) is 1.44. The van der Waals surface area contributed by atoms with E-state index in [1.807, 2.05) is 42.6 Å². The Labute approximate surface area is 211 Å². The van der Waals surface area contributed by atoms with Crippen LogP contribution in [0.3, 0.4) is 0 Å². The van der Waals surface area contributed by atoms with Crippen LogP contribution >= 0.6 is 12.2 Å². The number of nitrogens with zero attached hydrogens (tertiary/aromatic N) is 3. The number of hydrogen-bond donors (Lipinski definition) is 1. The van der Waals surface area contributed by atoms with Gasteiger partial charge in [0.05, 0.1) is 31.6 Å². The number of thiocarbonyl (C=S) groups is 1. The van der Waals surface area contributed by atoms with Gasteiger partial charge in [0.2, 0.25) is 0 Å². The highest BCUT2D eigenvalue weighted by molar-refractivity contribution is 7.80. The second kappa shape index (κ2) is 9.43. The van der Waals surface area contributed by atoms with Crippen LogP contribution in [0.2, 0.25) is 0 Å². The first kappa shape index (κ1) is 22.9. The predicted octanol–water partition coefficient (Wildman–Crippen LogP) is 5.68. The number of ether oxygens (including phenoxy) is 2. The van der Waals surface area contributed by atoms with Crippen LogP contribution in [0.15, 0.2) is 79.1 Å². The molecule has 0 radical (unpaired) electrons. The number of hydrogen-bond acceptors (Lipinski definition) is 4. The van der Waals surface area contributed by atoms with Crippen LogP contribution in [0, 0.1) is 13.8 Å². The molecule has 0 amide bonds. The zero-order chi connectivity index (χ0) is 24.5. The van der Waals surface area contributed by atoms with E-state index in [-0.39, 0.29) is 12.1 Å². The number of rotatable bonds is 6. The molecule has 3 heterocycles. The van der Waals surface area contributed by atoms with E-state index in [2.05, 4.69) is 70.1 Å². The fourth-order valence-corrected chi connectivity index (χ4v) is 4.98. The average Bonchev–Trinajstić information content (AvgIpc) is 3.50. The van der Waals surface area contributed by atoms with E-state index in [9.17, 15) is 0 Å². The van der Waals surface area contributed by atoms with E-state index >= 15 is 0 Å². The molecule has 1 N–H and O–H groups in total. The molecule has 2 unspecified atom stereocenters. The molecule has 35 heavy (non-hydrogen) atoms. The van der Waals surface area contributed by atoms with Crippen molar-refractivity contribution >= 4 is 23.0 Å². The first-order chi connectivity index (χ1) is 17.0. The minimum Gasteiger partial charge on any atom is -0.497 e. The first-order valence-corrected chi connectivity index (χ1v) is 11.9. The molecule has 2 aromatic heterocycles. The van der Waals surface area contributed by atoms with Gasteiger partial charge in [0.15, 0.2) is 5.11 Å².